The largest absolute Gasteiger partial charge is 0.375 e. The number of fused-ring (bicyclic) bond motifs is 1. The summed E-state index contributed by atoms with van der Waals surface area (Å²) in [5, 5.41) is 5.14. The number of hydrogen-bond acceptors (Lipinski definition) is 6. The average Bonchev–Trinajstić information content (AvgIpc) is 2.89. The fourth-order valence-electron chi connectivity index (χ4n) is 4.11. The van der Waals surface area contributed by atoms with Crippen LogP contribution in [0.1, 0.15) is 47.4 Å². The summed E-state index contributed by atoms with van der Waals surface area (Å²) in [6.07, 6.45) is 0.164. The zero-order valence-electron chi connectivity index (χ0n) is 16.3. The first-order valence-corrected chi connectivity index (χ1v) is 9.54. The number of imide groups is 2. The summed E-state index contributed by atoms with van der Waals surface area (Å²) in [7, 11) is 0. The van der Waals surface area contributed by atoms with Crippen LogP contribution in [0.15, 0.2) is 18.2 Å². The Morgan fingerprint density at radius 2 is 1.90 bits per heavy atom. The van der Waals surface area contributed by atoms with E-state index in [1.807, 2.05) is 0 Å². The topological polar surface area (TPSA) is 116 Å². The van der Waals surface area contributed by atoms with Gasteiger partial charge in [0.1, 0.15) is 6.04 Å². The Hall–Kier alpha value is -3.23. The lowest BCUT2D eigenvalue weighted by molar-refractivity contribution is -0.139. The van der Waals surface area contributed by atoms with Crippen molar-refractivity contribution in [1.29, 1.82) is 0 Å². The van der Waals surface area contributed by atoms with Crippen molar-refractivity contribution in [2.75, 3.05) is 25.0 Å². The number of nitrogens with one attached hydrogen (secondary N) is 2. The van der Waals surface area contributed by atoms with Gasteiger partial charge < -0.3 is 10.2 Å². The molecule has 152 valence electrons. The van der Waals surface area contributed by atoms with E-state index in [0.717, 1.165) is 4.90 Å². The van der Waals surface area contributed by atoms with Crippen LogP contribution in [-0.2, 0) is 14.4 Å². The second kappa shape index (κ2) is 6.68. The van der Waals surface area contributed by atoms with Crippen LogP contribution in [-0.4, -0.2) is 65.0 Å². The molecule has 0 aliphatic carbocycles. The van der Waals surface area contributed by atoms with Crippen LogP contribution in [0.5, 0.6) is 0 Å². The van der Waals surface area contributed by atoms with Gasteiger partial charge in [0, 0.05) is 25.2 Å². The first-order valence-electron chi connectivity index (χ1n) is 9.54. The highest BCUT2D eigenvalue weighted by Gasteiger charge is 2.45. The van der Waals surface area contributed by atoms with Crippen molar-refractivity contribution < 1.29 is 24.0 Å². The molecular weight excluding hydrogens is 376 g/mol. The molecule has 1 aromatic carbocycles. The lowest BCUT2D eigenvalue weighted by Crippen LogP contribution is -2.56. The van der Waals surface area contributed by atoms with Gasteiger partial charge in [-0.05, 0) is 24.0 Å². The molecule has 1 unspecified atom stereocenters. The molecule has 0 spiro atoms. The monoisotopic (exact) mass is 398 g/mol. The molecule has 0 saturated carbocycles. The summed E-state index contributed by atoms with van der Waals surface area (Å²) in [6.45, 7) is 5.54. The Morgan fingerprint density at radius 1 is 1.17 bits per heavy atom. The van der Waals surface area contributed by atoms with Crippen LogP contribution in [0, 0.1) is 5.41 Å². The molecule has 0 radical (unpaired) electrons. The second-order valence-electron chi connectivity index (χ2n) is 8.44. The van der Waals surface area contributed by atoms with Gasteiger partial charge in [0.05, 0.1) is 17.7 Å². The van der Waals surface area contributed by atoms with E-state index < -0.39 is 29.7 Å². The first-order chi connectivity index (χ1) is 13.7. The standard InChI is InChI=1S/C20H22N4O5/c1-20(2)9-23(10-20)15(26)8-21-12-5-3-4-11-16(12)19(29)24(18(11)28)13-6-7-14(25)22-17(13)27/h3-5,13,21H,6-10H2,1-2H3,(H,22,25,27). The van der Waals surface area contributed by atoms with Crippen molar-refractivity contribution in [3.05, 3.63) is 29.3 Å². The van der Waals surface area contributed by atoms with Gasteiger partial charge in [0.15, 0.2) is 0 Å². The number of rotatable bonds is 4. The molecule has 3 aliphatic rings. The number of benzene rings is 1. The summed E-state index contributed by atoms with van der Waals surface area (Å²) in [4.78, 5) is 64.3. The van der Waals surface area contributed by atoms with Crippen molar-refractivity contribution >= 4 is 35.2 Å². The van der Waals surface area contributed by atoms with Gasteiger partial charge in [0.25, 0.3) is 11.8 Å². The van der Waals surface area contributed by atoms with E-state index in [-0.39, 0.29) is 41.8 Å². The Morgan fingerprint density at radius 3 is 2.55 bits per heavy atom. The lowest BCUT2D eigenvalue weighted by atomic mass is 9.84. The SMILES string of the molecule is CC1(C)CN(C(=O)CNc2cccc3c2C(=O)N(C2CCC(=O)NC2=O)C3=O)C1. The molecule has 29 heavy (non-hydrogen) atoms. The molecular formula is C20H22N4O5. The van der Waals surface area contributed by atoms with Crippen LogP contribution in [0.25, 0.3) is 0 Å². The summed E-state index contributed by atoms with van der Waals surface area (Å²) in [5.74, 6) is -2.32. The maximum Gasteiger partial charge on any atom is 0.264 e. The van der Waals surface area contributed by atoms with Crippen LogP contribution in [0.3, 0.4) is 0 Å². The smallest absolute Gasteiger partial charge is 0.264 e. The fraction of sp³-hybridized carbons (Fsp3) is 0.450. The summed E-state index contributed by atoms with van der Waals surface area (Å²) < 4.78 is 0. The number of anilines is 1. The Bertz CT molecular complexity index is 946. The predicted molar refractivity (Wildman–Crippen MR) is 102 cm³/mol. The minimum Gasteiger partial charge on any atom is -0.375 e. The van der Waals surface area contributed by atoms with Gasteiger partial charge in [-0.3, -0.25) is 34.2 Å². The van der Waals surface area contributed by atoms with Crippen molar-refractivity contribution in [1.82, 2.24) is 15.1 Å². The molecule has 4 rings (SSSR count). The predicted octanol–water partition coefficient (Wildman–Crippen LogP) is 0.368. The van der Waals surface area contributed by atoms with Gasteiger partial charge in [-0.15, -0.1) is 0 Å². The maximum atomic E-state index is 13.0. The number of piperidine rings is 1. The van der Waals surface area contributed by atoms with Crippen molar-refractivity contribution in [3.8, 4) is 0 Å². The minimum absolute atomic E-state index is 0.00637. The molecule has 2 saturated heterocycles. The fourth-order valence-corrected chi connectivity index (χ4v) is 4.11. The highest BCUT2D eigenvalue weighted by atomic mass is 16.2. The first kappa shape index (κ1) is 19.1. The Balaban J connectivity index is 1.51. The van der Waals surface area contributed by atoms with E-state index in [1.165, 1.54) is 6.07 Å². The molecule has 0 bridgehead atoms. The zero-order valence-corrected chi connectivity index (χ0v) is 16.3. The third-order valence-electron chi connectivity index (χ3n) is 5.49. The summed E-state index contributed by atoms with van der Waals surface area (Å²) >= 11 is 0. The van der Waals surface area contributed by atoms with Crippen molar-refractivity contribution in [2.24, 2.45) is 5.41 Å². The lowest BCUT2D eigenvalue weighted by Gasteiger charge is -2.45. The van der Waals surface area contributed by atoms with Crippen LogP contribution in [0.4, 0.5) is 5.69 Å². The molecule has 2 fully saturated rings. The Labute approximate surface area is 167 Å². The highest BCUT2D eigenvalue weighted by molar-refractivity contribution is 6.25. The minimum atomic E-state index is -1.02. The van der Waals surface area contributed by atoms with Crippen molar-refractivity contribution in [3.63, 3.8) is 0 Å². The maximum absolute atomic E-state index is 13.0. The van der Waals surface area contributed by atoms with Crippen LogP contribution in [0.2, 0.25) is 0 Å². The molecule has 2 N–H and O–H groups in total. The molecule has 1 atom stereocenters. The number of likely N-dealkylation sites (tertiary alicyclic amines) is 1. The van der Waals surface area contributed by atoms with Crippen molar-refractivity contribution in [2.45, 2.75) is 32.7 Å². The van der Waals surface area contributed by atoms with Crippen LogP contribution < -0.4 is 10.6 Å². The van der Waals surface area contributed by atoms with E-state index in [0.29, 0.717) is 18.8 Å². The second-order valence-corrected chi connectivity index (χ2v) is 8.44. The highest BCUT2D eigenvalue weighted by Crippen LogP contribution is 2.33. The molecule has 3 heterocycles. The third-order valence-corrected chi connectivity index (χ3v) is 5.49. The van der Waals surface area contributed by atoms with Gasteiger partial charge in [0.2, 0.25) is 17.7 Å². The number of carbonyl (C=O) groups is 5. The summed E-state index contributed by atoms with van der Waals surface area (Å²) in [6, 6.07) is 3.76. The third kappa shape index (κ3) is 3.26. The van der Waals surface area contributed by atoms with E-state index in [2.05, 4.69) is 24.5 Å². The van der Waals surface area contributed by atoms with E-state index in [9.17, 15) is 24.0 Å². The molecule has 1 aromatic rings. The van der Waals surface area contributed by atoms with Crippen LogP contribution >= 0.6 is 0 Å². The molecule has 5 amide bonds. The van der Waals surface area contributed by atoms with Gasteiger partial charge in [-0.25, -0.2) is 0 Å². The van der Waals surface area contributed by atoms with E-state index in [4.69, 9.17) is 0 Å². The normalized spacial score (nSPS) is 22.9. The molecule has 9 nitrogen and oxygen atoms in total. The Kier molecular flexibility index (Phi) is 4.40. The zero-order chi connectivity index (χ0) is 20.9. The van der Waals surface area contributed by atoms with Gasteiger partial charge >= 0.3 is 0 Å². The number of hydrogen-bond donors (Lipinski definition) is 2. The summed E-state index contributed by atoms with van der Waals surface area (Å²) in [5.41, 5.74) is 0.832. The molecule has 9 heteroatoms. The number of nitrogens with zero attached hydrogens (tertiary/aromatic N) is 2. The average molecular weight is 398 g/mol. The van der Waals surface area contributed by atoms with E-state index in [1.54, 1.807) is 17.0 Å². The molecule has 3 aliphatic heterocycles. The van der Waals surface area contributed by atoms with E-state index >= 15 is 0 Å². The number of amides is 5. The van der Waals surface area contributed by atoms with Gasteiger partial charge in [-0.1, -0.05) is 19.9 Å². The van der Waals surface area contributed by atoms with Gasteiger partial charge in [-0.2, -0.15) is 0 Å². The molecule has 0 aromatic heterocycles. The number of carbonyl (C=O) groups excluding carboxylic acids is 5. The quantitative estimate of drug-likeness (QED) is 0.708.